The van der Waals surface area contributed by atoms with E-state index in [1.807, 2.05) is 0 Å². The minimum atomic E-state index is 0. The average Bonchev–Trinajstić information content (AvgIpc) is 2.63. The van der Waals surface area contributed by atoms with E-state index < -0.39 is 0 Å². The van der Waals surface area contributed by atoms with E-state index in [4.69, 9.17) is 0 Å². The highest BCUT2D eigenvalue weighted by atomic mass is 127. The molecule has 0 amide bonds. The summed E-state index contributed by atoms with van der Waals surface area (Å²) in [6.45, 7) is 6.99. The molecule has 3 heteroatoms. The zero-order valence-electron chi connectivity index (χ0n) is 17.2. The normalized spacial score (nSPS) is 12.6. The molecule has 0 aliphatic carbocycles. The minimum Gasteiger partial charge on any atom is -0.255 e. The standard InChI is InChI=1S/C23H40IN.ClH/c1-4-5-6-7-8-9-10-11-12-16-19-22(23(2,3)25-24)20-21-17-14-13-15-18-21;/h13-15,17-18,22,25H,4-12,16,19-20H2,1-3H3;1H. The summed E-state index contributed by atoms with van der Waals surface area (Å²) in [5.41, 5.74) is 1.66. The van der Waals surface area contributed by atoms with E-state index >= 15 is 0 Å². The third-order valence-electron chi connectivity index (χ3n) is 5.50. The van der Waals surface area contributed by atoms with Gasteiger partial charge in [0.2, 0.25) is 0 Å². The van der Waals surface area contributed by atoms with Crippen molar-refractivity contribution in [2.45, 2.75) is 103 Å². The van der Waals surface area contributed by atoms with E-state index in [0.29, 0.717) is 5.92 Å². The molecule has 1 nitrogen and oxygen atoms in total. The first-order chi connectivity index (χ1) is 12.1. The van der Waals surface area contributed by atoms with Crippen molar-refractivity contribution in [3.05, 3.63) is 35.9 Å². The van der Waals surface area contributed by atoms with Crippen LogP contribution in [0.2, 0.25) is 0 Å². The second-order valence-corrected chi connectivity index (χ2v) is 8.71. The fourth-order valence-electron chi connectivity index (χ4n) is 3.57. The number of unbranched alkanes of at least 4 members (excludes halogenated alkanes) is 9. The molecule has 1 atom stereocenters. The molecule has 1 unspecified atom stereocenters. The van der Waals surface area contributed by atoms with Crippen molar-refractivity contribution >= 4 is 35.3 Å². The number of hydrogen-bond acceptors (Lipinski definition) is 1. The summed E-state index contributed by atoms with van der Waals surface area (Å²) in [4.78, 5) is 0. The van der Waals surface area contributed by atoms with Gasteiger partial charge in [0.25, 0.3) is 0 Å². The van der Waals surface area contributed by atoms with Gasteiger partial charge in [-0.2, -0.15) is 0 Å². The van der Waals surface area contributed by atoms with Gasteiger partial charge >= 0.3 is 0 Å². The molecule has 0 aliphatic heterocycles. The van der Waals surface area contributed by atoms with Gasteiger partial charge in [0.15, 0.2) is 0 Å². The SMILES string of the molecule is CCCCCCCCCCCCC(Cc1ccccc1)C(C)(C)NI.Cl. The smallest absolute Gasteiger partial charge is 0.0249 e. The van der Waals surface area contributed by atoms with Crippen molar-refractivity contribution in [2.24, 2.45) is 5.92 Å². The van der Waals surface area contributed by atoms with Gasteiger partial charge in [-0.1, -0.05) is 101 Å². The Morgan fingerprint density at radius 2 is 1.35 bits per heavy atom. The molecule has 0 bridgehead atoms. The molecular formula is C23H41ClIN. The van der Waals surface area contributed by atoms with Crippen LogP contribution in [0.3, 0.4) is 0 Å². The van der Waals surface area contributed by atoms with Crippen molar-refractivity contribution in [2.75, 3.05) is 0 Å². The highest BCUT2D eigenvalue weighted by Crippen LogP contribution is 2.28. The Morgan fingerprint density at radius 3 is 1.85 bits per heavy atom. The Bertz CT molecular complexity index is 421. The fraction of sp³-hybridized carbons (Fsp3) is 0.739. The van der Waals surface area contributed by atoms with Gasteiger partial charge in [-0.3, -0.25) is 3.53 Å². The van der Waals surface area contributed by atoms with E-state index in [1.54, 1.807) is 0 Å². The number of rotatable bonds is 15. The highest BCUT2D eigenvalue weighted by molar-refractivity contribution is 14.1. The summed E-state index contributed by atoms with van der Waals surface area (Å²) < 4.78 is 3.52. The zero-order valence-corrected chi connectivity index (χ0v) is 20.2. The minimum absolute atomic E-state index is 0. The maximum absolute atomic E-state index is 3.52. The van der Waals surface area contributed by atoms with Crippen LogP contribution in [0, 0.1) is 5.92 Å². The van der Waals surface area contributed by atoms with Crippen LogP contribution in [0.25, 0.3) is 0 Å². The number of halogens is 2. The zero-order chi connectivity index (χ0) is 18.4. The van der Waals surface area contributed by atoms with Crippen LogP contribution in [0.1, 0.15) is 97.0 Å². The summed E-state index contributed by atoms with van der Waals surface area (Å²) in [6, 6.07) is 11.0. The molecule has 0 spiro atoms. The Morgan fingerprint density at radius 1 is 0.846 bits per heavy atom. The molecule has 0 fully saturated rings. The van der Waals surface area contributed by atoms with Gasteiger partial charge in [-0.25, -0.2) is 0 Å². The monoisotopic (exact) mass is 493 g/mol. The summed E-state index contributed by atoms with van der Waals surface area (Å²) in [6.07, 6.45) is 16.7. The molecule has 152 valence electrons. The van der Waals surface area contributed by atoms with E-state index in [2.05, 4.69) is 77.5 Å². The van der Waals surface area contributed by atoms with Gasteiger partial charge in [-0.15, -0.1) is 12.4 Å². The van der Waals surface area contributed by atoms with Crippen LogP contribution in [0.15, 0.2) is 30.3 Å². The molecule has 1 rings (SSSR count). The van der Waals surface area contributed by atoms with Gasteiger partial charge in [0, 0.05) is 28.4 Å². The molecule has 0 aromatic heterocycles. The molecule has 0 aliphatic rings. The molecule has 1 aromatic carbocycles. The molecule has 26 heavy (non-hydrogen) atoms. The Kier molecular flexibility index (Phi) is 16.3. The summed E-state index contributed by atoms with van der Waals surface area (Å²) in [5.74, 6) is 0.695. The third-order valence-corrected chi connectivity index (χ3v) is 6.89. The van der Waals surface area contributed by atoms with Crippen LogP contribution in [0.5, 0.6) is 0 Å². The fourth-order valence-corrected chi connectivity index (χ4v) is 4.01. The molecule has 1 N–H and O–H groups in total. The van der Waals surface area contributed by atoms with E-state index in [-0.39, 0.29) is 17.9 Å². The van der Waals surface area contributed by atoms with Crippen molar-refractivity contribution in [1.29, 1.82) is 0 Å². The van der Waals surface area contributed by atoms with E-state index in [0.717, 1.165) is 0 Å². The lowest BCUT2D eigenvalue weighted by atomic mass is 9.80. The molecule has 0 saturated carbocycles. The second-order valence-electron chi connectivity index (χ2n) is 8.17. The first-order valence-electron chi connectivity index (χ1n) is 10.5. The quantitative estimate of drug-likeness (QED) is 0.147. The maximum atomic E-state index is 3.52. The second kappa shape index (κ2) is 16.2. The summed E-state index contributed by atoms with van der Waals surface area (Å²) >= 11 is 2.33. The topological polar surface area (TPSA) is 12.0 Å². The Hall–Kier alpha value is 0.200. The van der Waals surface area contributed by atoms with Gasteiger partial charge in [0.1, 0.15) is 0 Å². The lowest BCUT2D eigenvalue weighted by molar-refractivity contribution is 0.278. The van der Waals surface area contributed by atoms with Crippen molar-refractivity contribution in [3.8, 4) is 0 Å². The number of hydrogen-bond donors (Lipinski definition) is 1. The number of benzene rings is 1. The lowest BCUT2D eigenvalue weighted by Gasteiger charge is -2.33. The van der Waals surface area contributed by atoms with Crippen LogP contribution >= 0.6 is 35.3 Å². The Balaban J connectivity index is 0.00000625. The van der Waals surface area contributed by atoms with Gasteiger partial charge < -0.3 is 0 Å². The first kappa shape index (κ1) is 26.2. The molecule has 0 saturated heterocycles. The molecule has 1 aromatic rings. The van der Waals surface area contributed by atoms with Crippen LogP contribution < -0.4 is 3.53 Å². The van der Waals surface area contributed by atoms with Crippen LogP contribution in [0.4, 0.5) is 0 Å². The maximum Gasteiger partial charge on any atom is 0.0249 e. The molecule has 0 heterocycles. The van der Waals surface area contributed by atoms with Crippen molar-refractivity contribution < 1.29 is 0 Å². The largest absolute Gasteiger partial charge is 0.255 e. The molecule has 0 radical (unpaired) electrons. The predicted octanol–water partition coefficient (Wildman–Crippen LogP) is 8.30. The summed E-state index contributed by atoms with van der Waals surface area (Å²) in [7, 11) is 0. The third kappa shape index (κ3) is 11.8. The number of nitrogens with one attached hydrogen (secondary N) is 1. The first-order valence-corrected chi connectivity index (χ1v) is 11.6. The van der Waals surface area contributed by atoms with E-state index in [9.17, 15) is 0 Å². The van der Waals surface area contributed by atoms with Crippen molar-refractivity contribution in [3.63, 3.8) is 0 Å². The highest BCUT2D eigenvalue weighted by Gasteiger charge is 2.27. The van der Waals surface area contributed by atoms with Crippen LogP contribution in [-0.4, -0.2) is 5.54 Å². The molecular weight excluding hydrogens is 453 g/mol. The Labute approximate surface area is 183 Å². The van der Waals surface area contributed by atoms with Crippen molar-refractivity contribution in [1.82, 2.24) is 3.53 Å². The van der Waals surface area contributed by atoms with E-state index in [1.165, 1.54) is 82.6 Å². The van der Waals surface area contributed by atoms with Crippen LogP contribution in [-0.2, 0) is 6.42 Å². The predicted molar refractivity (Wildman–Crippen MR) is 129 cm³/mol. The van der Waals surface area contributed by atoms with Gasteiger partial charge in [-0.05, 0) is 38.2 Å². The average molecular weight is 494 g/mol. The lowest BCUT2D eigenvalue weighted by Crippen LogP contribution is -2.41. The van der Waals surface area contributed by atoms with Gasteiger partial charge in [0.05, 0.1) is 0 Å². The summed E-state index contributed by atoms with van der Waals surface area (Å²) in [5, 5.41) is 0.